The summed E-state index contributed by atoms with van der Waals surface area (Å²) in [6.07, 6.45) is -11.4. The molecule has 0 atom stereocenters. The van der Waals surface area contributed by atoms with Gasteiger partial charge in [0.15, 0.2) is 0 Å². The van der Waals surface area contributed by atoms with Crippen molar-refractivity contribution in [3.63, 3.8) is 0 Å². The van der Waals surface area contributed by atoms with E-state index in [4.69, 9.17) is 4.43 Å². The first-order valence-electron chi connectivity index (χ1n) is 6.90. The van der Waals surface area contributed by atoms with Crippen molar-refractivity contribution in [2.75, 3.05) is 4.90 Å². The number of halogens is 6. The molecule has 0 aliphatic heterocycles. The molecule has 0 bridgehead atoms. The van der Waals surface area contributed by atoms with Gasteiger partial charge in [-0.05, 0) is 43.9 Å². The van der Waals surface area contributed by atoms with E-state index in [0.717, 1.165) is 12.1 Å². The van der Waals surface area contributed by atoms with Crippen molar-refractivity contribution in [2.24, 2.45) is 0 Å². The molecular weight excluding hydrogens is 388 g/mol. The van der Waals surface area contributed by atoms with Crippen molar-refractivity contribution >= 4 is 31.8 Å². The number of anilines is 1. The molecule has 12 heteroatoms. The molecule has 26 heavy (non-hydrogen) atoms. The highest BCUT2D eigenvalue weighted by atomic mass is 28.4. The zero-order chi connectivity index (χ0) is 20.5. The number of benzene rings is 1. The minimum Gasteiger partial charge on any atom is -0.516 e. The van der Waals surface area contributed by atoms with E-state index in [9.17, 15) is 40.7 Å². The number of carbonyl (C=O) groups is 3. The lowest BCUT2D eigenvalue weighted by molar-refractivity contribution is -0.181. The van der Waals surface area contributed by atoms with Crippen LogP contribution in [0.5, 0.6) is 0 Å². The molecule has 0 aliphatic carbocycles. The van der Waals surface area contributed by atoms with Crippen molar-refractivity contribution < 1.29 is 45.2 Å². The van der Waals surface area contributed by atoms with Crippen LogP contribution in [0.3, 0.4) is 0 Å². The van der Waals surface area contributed by atoms with Crippen LogP contribution in [-0.4, -0.2) is 38.5 Å². The van der Waals surface area contributed by atoms with Gasteiger partial charge in [0, 0.05) is 0 Å². The minimum atomic E-state index is -5.71. The van der Waals surface area contributed by atoms with Gasteiger partial charge in [-0.2, -0.15) is 26.3 Å². The molecule has 0 aromatic heterocycles. The molecule has 0 radical (unpaired) electrons. The van der Waals surface area contributed by atoms with Crippen molar-refractivity contribution in [1.82, 2.24) is 0 Å². The quantitative estimate of drug-likeness (QED) is 0.573. The van der Waals surface area contributed by atoms with Gasteiger partial charge in [-0.1, -0.05) is 0 Å². The van der Waals surface area contributed by atoms with Gasteiger partial charge in [0.2, 0.25) is 8.32 Å². The van der Waals surface area contributed by atoms with E-state index in [1.807, 2.05) is 0 Å². The predicted molar refractivity (Wildman–Crippen MR) is 79.8 cm³/mol. The van der Waals surface area contributed by atoms with E-state index in [0.29, 0.717) is 12.1 Å². The summed E-state index contributed by atoms with van der Waals surface area (Å²) in [5.41, 5.74) is -1.14. The van der Waals surface area contributed by atoms with Crippen LogP contribution in [0.25, 0.3) is 0 Å². The minimum absolute atomic E-state index is 0.157. The molecule has 144 valence electrons. The third-order valence-corrected chi connectivity index (χ3v) is 3.45. The lowest BCUT2D eigenvalue weighted by Crippen LogP contribution is -2.50. The van der Waals surface area contributed by atoms with E-state index in [-0.39, 0.29) is 5.56 Å². The number of hydrogen-bond donors (Lipinski definition) is 0. The van der Waals surface area contributed by atoms with E-state index in [1.54, 1.807) is 19.6 Å². The van der Waals surface area contributed by atoms with Crippen LogP contribution in [0.4, 0.5) is 32.0 Å². The summed E-state index contributed by atoms with van der Waals surface area (Å²) in [7, 11) is -2.29. The van der Waals surface area contributed by atoms with Crippen LogP contribution in [0.1, 0.15) is 10.4 Å². The molecule has 0 heterocycles. The summed E-state index contributed by atoms with van der Waals surface area (Å²) in [6.45, 7) is 5.06. The lowest BCUT2D eigenvalue weighted by atomic mass is 10.2. The molecule has 0 aliphatic rings. The highest BCUT2D eigenvalue weighted by molar-refractivity contribution is 6.71. The average molecular weight is 401 g/mol. The fourth-order valence-corrected chi connectivity index (χ4v) is 2.34. The van der Waals surface area contributed by atoms with E-state index >= 15 is 0 Å². The summed E-state index contributed by atoms with van der Waals surface area (Å²) >= 11 is 0. The number of alkyl halides is 6. The van der Waals surface area contributed by atoms with Crippen LogP contribution in [-0.2, 0) is 14.0 Å². The smallest absolute Gasteiger partial charge is 0.472 e. The zero-order valence-corrected chi connectivity index (χ0v) is 14.7. The molecule has 0 spiro atoms. The molecule has 0 N–H and O–H groups in total. The molecule has 2 amide bonds. The fourth-order valence-electron chi connectivity index (χ4n) is 1.66. The third-order valence-electron chi connectivity index (χ3n) is 2.65. The SMILES string of the molecule is C[Si](C)(C)OC(=O)c1ccc(N(C(=O)C(F)(F)F)C(=O)C(F)(F)F)cc1. The van der Waals surface area contributed by atoms with Crippen molar-refractivity contribution in [3.8, 4) is 0 Å². The van der Waals surface area contributed by atoms with Crippen LogP contribution < -0.4 is 4.90 Å². The zero-order valence-electron chi connectivity index (χ0n) is 13.7. The normalized spacial score (nSPS) is 12.5. The van der Waals surface area contributed by atoms with Gasteiger partial charge in [0.25, 0.3) is 0 Å². The summed E-state index contributed by atoms with van der Waals surface area (Å²) in [5.74, 6) is -6.83. The summed E-state index contributed by atoms with van der Waals surface area (Å²) in [4.78, 5) is 33.3. The van der Waals surface area contributed by atoms with E-state index in [1.165, 1.54) is 0 Å². The Bertz CT molecular complexity index is 680. The van der Waals surface area contributed by atoms with Gasteiger partial charge >= 0.3 is 30.1 Å². The maximum atomic E-state index is 12.5. The molecule has 0 fully saturated rings. The van der Waals surface area contributed by atoms with Crippen LogP contribution in [0.15, 0.2) is 24.3 Å². The number of imide groups is 1. The topological polar surface area (TPSA) is 63.7 Å². The van der Waals surface area contributed by atoms with Crippen LogP contribution in [0, 0.1) is 0 Å². The number of amides is 2. The van der Waals surface area contributed by atoms with Gasteiger partial charge < -0.3 is 4.43 Å². The Balaban J connectivity index is 3.26. The molecule has 0 saturated carbocycles. The first kappa shape index (κ1) is 21.7. The monoisotopic (exact) mass is 401 g/mol. The maximum Gasteiger partial charge on any atom is 0.472 e. The second-order valence-corrected chi connectivity index (χ2v) is 10.4. The maximum absolute atomic E-state index is 12.5. The molecule has 0 saturated heterocycles. The second-order valence-electron chi connectivity index (χ2n) is 5.99. The van der Waals surface area contributed by atoms with Gasteiger partial charge in [-0.15, -0.1) is 0 Å². The molecular formula is C14H13F6NO4Si. The van der Waals surface area contributed by atoms with Crippen molar-refractivity contribution in [3.05, 3.63) is 29.8 Å². The Morgan fingerprint density at radius 3 is 1.54 bits per heavy atom. The van der Waals surface area contributed by atoms with Crippen LogP contribution in [0.2, 0.25) is 19.6 Å². The van der Waals surface area contributed by atoms with E-state index < -0.39 is 49.0 Å². The predicted octanol–water partition coefficient (Wildman–Crippen LogP) is 3.66. The molecule has 1 aromatic carbocycles. The highest BCUT2D eigenvalue weighted by Crippen LogP contribution is 2.29. The second kappa shape index (κ2) is 7.09. The van der Waals surface area contributed by atoms with Gasteiger partial charge in [-0.25, -0.2) is 9.69 Å². The highest BCUT2D eigenvalue weighted by Gasteiger charge is 2.52. The van der Waals surface area contributed by atoms with E-state index in [2.05, 4.69) is 0 Å². The third kappa shape index (κ3) is 5.57. The standard InChI is InChI=1S/C14H13F6NO4Si/c1-26(2,3)25-10(22)8-4-6-9(7-5-8)21(11(23)13(15,16)17)12(24)14(18,19)20/h4-7H,1-3H3. The van der Waals surface area contributed by atoms with Gasteiger partial charge in [0.05, 0.1) is 11.3 Å². The summed E-state index contributed by atoms with van der Waals surface area (Å²) in [6, 6.07) is 2.96. The van der Waals surface area contributed by atoms with Crippen molar-refractivity contribution in [1.29, 1.82) is 0 Å². The van der Waals surface area contributed by atoms with Crippen LogP contribution >= 0.6 is 0 Å². The number of carbonyl (C=O) groups excluding carboxylic acids is 3. The lowest BCUT2D eigenvalue weighted by Gasteiger charge is -2.23. The van der Waals surface area contributed by atoms with Gasteiger partial charge in [-0.3, -0.25) is 9.59 Å². The number of nitrogens with zero attached hydrogens (tertiary/aromatic N) is 1. The largest absolute Gasteiger partial charge is 0.516 e. The Labute approximate surface area is 144 Å². The summed E-state index contributed by atoms with van der Waals surface area (Å²) < 4.78 is 80.4. The fraction of sp³-hybridized carbons (Fsp3) is 0.357. The Kier molecular flexibility index (Phi) is 5.91. The molecule has 0 unspecified atom stereocenters. The number of rotatable bonds is 3. The molecule has 1 aromatic rings. The Morgan fingerprint density at radius 1 is 0.846 bits per heavy atom. The Morgan fingerprint density at radius 2 is 1.23 bits per heavy atom. The first-order valence-corrected chi connectivity index (χ1v) is 10.3. The molecule has 5 nitrogen and oxygen atoms in total. The summed E-state index contributed by atoms with van der Waals surface area (Å²) in [5, 5.41) is 0. The molecule has 1 rings (SSSR count). The van der Waals surface area contributed by atoms with Crippen molar-refractivity contribution in [2.45, 2.75) is 32.0 Å². The first-order chi connectivity index (χ1) is 11.5. The number of hydrogen-bond acceptors (Lipinski definition) is 4. The average Bonchev–Trinajstić information content (AvgIpc) is 2.44. The Hall–Kier alpha value is -2.37. The van der Waals surface area contributed by atoms with Gasteiger partial charge in [0.1, 0.15) is 0 Å².